The minimum atomic E-state index is 0.298. The van der Waals surface area contributed by atoms with Crippen molar-refractivity contribution in [2.45, 2.75) is 19.8 Å². The molecule has 0 amide bonds. The van der Waals surface area contributed by atoms with Crippen LogP contribution in [0, 0.1) is 0 Å². The molecule has 0 bridgehead atoms. The Morgan fingerprint density at radius 3 is 2.77 bits per heavy atom. The summed E-state index contributed by atoms with van der Waals surface area (Å²) in [6.45, 7) is 4.09. The van der Waals surface area contributed by atoms with E-state index in [2.05, 4.69) is 4.98 Å². The summed E-state index contributed by atoms with van der Waals surface area (Å²) in [6, 6.07) is 5.60. The SMILES string of the molecule is CC(C)c1nc2cccc(N)c2o1. The number of para-hydroxylation sites is 1. The molecule has 0 aliphatic heterocycles. The first-order valence-electron chi connectivity index (χ1n) is 4.33. The summed E-state index contributed by atoms with van der Waals surface area (Å²) in [6.07, 6.45) is 0. The molecule has 3 heteroatoms. The van der Waals surface area contributed by atoms with Gasteiger partial charge < -0.3 is 10.2 Å². The van der Waals surface area contributed by atoms with Gasteiger partial charge in [-0.05, 0) is 12.1 Å². The Kier molecular flexibility index (Phi) is 1.72. The Balaban J connectivity index is 2.68. The molecule has 0 spiro atoms. The largest absolute Gasteiger partial charge is 0.438 e. The molecule has 0 radical (unpaired) electrons. The number of nitrogens with two attached hydrogens (primary N) is 1. The van der Waals surface area contributed by atoms with Crippen molar-refractivity contribution in [3.05, 3.63) is 24.1 Å². The zero-order valence-electron chi connectivity index (χ0n) is 7.74. The number of nitrogen functional groups attached to an aromatic ring is 1. The second kappa shape index (κ2) is 2.76. The first-order chi connectivity index (χ1) is 6.18. The fourth-order valence-electron chi connectivity index (χ4n) is 1.23. The van der Waals surface area contributed by atoms with Gasteiger partial charge in [-0.25, -0.2) is 4.98 Å². The van der Waals surface area contributed by atoms with E-state index < -0.39 is 0 Å². The third-order valence-corrected chi connectivity index (χ3v) is 1.96. The molecule has 3 nitrogen and oxygen atoms in total. The lowest BCUT2D eigenvalue weighted by molar-refractivity contribution is 0.502. The number of aromatic nitrogens is 1. The molecule has 1 heterocycles. The Morgan fingerprint density at radius 2 is 2.15 bits per heavy atom. The average Bonchev–Trinajstić information content (AvgIpc) is 2.49. The molecule has 2 aromatic rings. The number of fused-ring (bicyclic) bond motifs is 1. The molecular formula is C10H12N2O. The summed E-state index contributed by atoms with van der Waals surface area (Å²) in [5.74, 6) is 1.04. The Morgan fingerprint density at radius 1 is 1.38 bits per heavy atom. The van der Waals surface area contributed by atoms with Crippen LogP contribution in [0.5, 0.6) is 0 Å². The monoisotopic (exact) mass is 176 g/mol. The zero-order chi connectivity index (χ0) is 9.42. The van der Waals surface area contributed by atoms with Crippen molar-refractivity contribution in [1.29, 1.82) is 0 Å². The molecule has 2 rings (SSSR count). The van der Waals surface area contributed by atoms with Gasteiger partial charge in [0.1, 0.15) is 5.52 Å². The maximum Gasteiger partial charge on any atom is 0.198 e. The number of hydrogen-bond acceptors (Lipinski definition) is 3. The van der Waals surface area contributed by atoms with Crippen LogP contribution in [0.3, 0.4) is 0 Å². The van der Waals surface area contributed by atoms with Crippen LogP contribution in [0.2, 0.25) is 0 Å². The van der Waals surface area contributed by atoms with E-state index in [9.17, 15) is 0 Å². The molecular weight excluding hydrogens is 164 g/mol. The number of benzene rings is 1. The zero-order valence-corrected chi connectivity index (χ0v) is 7.74. The summed E-state index contributed by atoms with van der Waals surface area (Å²) in [7, 11) is 0. The molecule has 0 saturated heterocycles. The van der Waals surface area contributed by atoms with Crippen LogP contribution in [0.25, 0.3) is 11.1 Å². The molecule has 1 aromatic heterocycles. The Labute approximate surface area is 76.6 Å². The van der Waals surface area contributed by atoms with Gasteiger partial charge in [-0.2, -0.15) is 0 Å². The minimum Gasteiger partial charge on any atom is -0.438 e. The third kappa shape index (κ3) is 1.26. The molecule has 0 unspecified atom stereocenters. The van der Waals surface area contributed by atoms with E-state index in [4.69, 9.17) is 10.2 Å². The van der Waals surface area contributed by atoms with Gasteiger partial charge in [0.25, 0.3) is 0 Å². The van der Waals surface area contributed by atoms with Gasteiger partial charge >= 0.3 is 0 Å². The van der Waals surface area contributed by atoms with E-state index in [1.54, 1.807) is 0 Å². The second-order valence-corrected chi connectivity index (χ2v) is 3.40. The van der Waals surface area contributed by atoms with Crippen LogP contribution in [-0.4, -0.2) is 4.98 Å². The lowest BCUT2D eigenvalue weighted by Crippen LogP contribution is -1.84. The van der Waals surface area contributed by atoms with E-state index in [0.717, 1.165) is 11.4 Å². The van der Waals surface area contributed by atoms with Crippen molar-refractivity contribution in [2.24, 2.45) is 0 Å². The second-order valence-electron chi connectivity index (χ2n) is 3.40. The van der Waals surface area contributed by atoms with Gasteiger partial charge in [0, 0.05) is 5.92 Å². The van der Waals surface area contributed by atoms with Crippen LogP contribution >= 0.6 is 0 Å². The molecule has 1 aromatic carbocycles. The normalized spacial score (nSPS) is 11.3. The molecule has 13 heavy (non-hydrogen) atoms. The van der Waals surface area contributed by atoms with Crippen molar-refractivity contribution in [2.75, 3.05) is 5.73 Å². The highest BCUT2D eigenvalue weighted by Gasteiger charge is 2.10. The first kappa shape index (κ1) is 8.10. The van der Waals surface area contributed by atoms with Crippen molar-refractivity contribution in [1.82, 2.24) is 4.98 Å². The van der Waals surface area contributed by atoms with Gasteiger partial charge in [-0.15, -0.1) is 0 Å². The lowest BCUT2D eigenvalue weighted by Gasteiger charge is -1.94. The quantitative estimate of drug-likeness (QED) is 0.679. The number of oxazole rings is 1. The maximum absolute atomic E-state index is 5.74. The predicted molar refractivity (Wildman–Crippen MR) is 52.5 cm³/mol. The summed E-state index contributed by atoms with van der Waals surface area (Å²) >= 11 is 0. The minimum absolute atomic E-state index is 0.298. The fraction of sp³-hybridized carbons (Fsp3) is 0.300. The van der Waals surface area contributed by atoms with Gasteiger partial charge in [0.2, 0.25) is 0 Å². The summed E-state index contributed by atoms with van der Waals surface area (Å²) in [5.41, 5.74) is 7.92. The van der Waals surface area contributed by atoms with E-state index in [-0.39, 0.29) is 0 Å². The smallest absolute Gasteiger partial charge is 0.198 e. The number of rotatable bonds is 1. The van der Waals surface area contributed by atoms with E-state index in [0.29, 0.717) is 17.2 Å². The van der Waals surface area contributed by atoms with Crippen LogP contribution in [-0.2, 0) is 0 Å². The number of nitrogens with zero attached hydrogens (tertiary/aromatic N) is 1. The predicted octanol–water partition coefficient (Wildman–Crippen LogP) is 2.53. The fourth-order valence-corrected chi connectivity index (χ4v) is 1.23. The van der Waals surface area contributed by atoms with E-state index in [1.807, 2.05) is 32.0 Å². The standard InChI is InChI=1S/C10H12N2O/c1-6(2)10-12-8-5-3-4-7(11)9(8)13-10/h3-6H,11H2,1-2H3. The highest BCUT2D eigenvalue weighted by atomic mass is 16.3. The maximum atomic E-state index is 5.74. The number of anilines is 1. The van der Waals surface area contributed by atoms with Crippen LogP contribution < -0.4 is 5.73 Å². The van der Waals surface area contributed by atoms with Crippen LogP contribution in [0.15, 0.2) is 22.6 Å². The molecule has 0 aliphatic rings. The number of hydrogen-bond donors (Lipinski definition) is 1. The van der Waals surface area contributed by atoms with Gasteiger partial charge in [0.05, 0.1) is 5.69 Å². The van der Waals surface area contributed by atoms with Gasteiger partial charge in [-0.3, -0.25) is 0 Å². The molecule has 2 N–H and O–H groups in total. The molecule has 0 aliphatic carbocycles. The van der Waals surface area contributed by atoms with Gasteiger partial charge in [-0.1, -0.05) is 19.9 Å². The third-order valence-electron chi connectivity index (χ3n) is 1.96. The Hall–Kier alpha value is -1.51. The Bertz CT molecular complexity index is 431. The molecule has 0 saturated carbocycles. The molecule has 68 valence electrons. The highest BCUT2D eigenvalue weighted by Crippen LogP contribution is 2.24. The van der Waals surface area contributed by atoms with Gasteiger partial charge in [0.15, 0.2) is 11.5 Å². The lowest BCUT2D eigenvalue weighted by atomic mass is 10.2. The van der Waals surface area contributed by atoms with Crippen LogP contribution in [0.1, 0.15) is 25.7 Å². The molecule has 0 atom stereocenters. The summed E-state index contributed by atoms with van der Waals surface area (Å²) in [4.78, 5) is 4.33. The van der Waals surface area contributed by atoms with Crippen molar-refractivity contribution >= 4 is 16.8 Å². The van der Waals surface area contributed by atoms with Crippen molar-refractivity contribution < 1.29 is 4.42 Å². The van der Waals surface area contributed by atoms with Crippen molar-refractivity contribution in [3.63, 3.8) is 0 Å². The first-order valence-corrected chi connectivity index (χ1v) is 4.33. The van der Waals surface area contributed by atoms with Crippen LogP contribution in [0.4, 0.5) is 5.69 Å². The highest BCUT2D eigenvalue weighted by molar-refractivity contribution is 5.84. The topological polar surface area (TPSA) is 52.0 Å². The molecule has 0 fully saturated rings. The summed E-state index contributed by atoms with van der Waals surface area (Å²) in [5, 5.41) is 0. The van der Waals surface area contributed by atoms with E-state index in [1.165, 1.54) is 0 Å². The average molecular weight is 176 g/mol. The summed E-state index contributed by atoms with van der Waals surface area (Å²) < 4.78 is 5.52. The van der Waals surface area contributed by atoms with E-state index >= 15 is 0 Å². The van der Waals surface area contributed by atoms with Crippen molar-refractivity contribution in [3.8, 4) is 0 Å².